The van der Waals surface area contributed by atoms with Gasteiger partial charge in [0.25, 0.3) is 0 Å². The lowest BCUT2D eigenvalue weighted by molar-refractivity contribution is -0.162. The average molecular weight is 747 g/mol. The normalized spacial score (nSPS) is 13.9. The van der Waals surface area contributed by atoms with E-state index in [2.05, 4.69) is 24.5 Å². The summed E-state index contributed by atoms with van der Waals surface area (Å²) >= 11 is 0. The van der Waals surface area contributed by atoms with E-state index in [0.717, 1.165) is 35.1 Å². The van der Waals surface area contributed by atoms with Crippen molar-refractivity contribution in [3.63, 3.8) is 0 Å². The Balaban J connectivity index is 1.63. The van der Waals surface area contributed by atoms with E-state index >= 15 is 0 Å². The summed E-state index contributed by atoms with van der Waals surface area (Å²) in [5, 5.41) is 6.33. The Morgan fingerprint density at radius 2 is 1.16 bits per heavy atom. The highest BCUT2D eigenvalue weighted by Gasteiger charge is 2.39. The summed E-state index contributed by atoms with van der Waals surface area (Å²) < 4.78 is 11.9. The van der Waals surface area contributed by atoms with Crippen LogP contribution in [0, 0.1) is 17.8 Å². The van der Waals surface area contributed by atoms with Gasteiger partial charge in [0.2, 0.25) is 11.8 Å². The van der Waals surface area contributed by atoms with Crippen molar-refractivity contribution in [3.8, 4) is 0 Å². The summed E-state index contributed by atoms with van der Waals surface area (Å²) in [7, 11) is 0. The van der Waals surface area contributed by atoms with E-state index in [-0.39, 0.29) is 37.6 Å². The molecule has 1 unspecified atom stereocenters. The quantitative estimate of drug-likeness (QED) is 0.0693. The minimum absolute atomic E-state index is 0.0555. The molecule has 292 valence electrons. The van der Waals surface area contributed by atoms with Crippen LogP contribution in [0.5, 0.6) is 0 Å². The third-order valence-corrected chi connectivity index (χ3v) is 9.94. The Morgan fingerprint density at radius 1 is 0.673 bits per heavy atom. The van der Waals surface area contributed by atoms with Crippen LogP contribution >= 0.6 is 0 Å². The lowest BCUT2D eigenvalue weighted by atomic mass is 9.76. The maximum atomic E-state index is 14.4. The molecule has 4 atom stereocenters. The first-order valence-electron chi connectivity index (χ1n) is 19.5. The lowest BCUT2D eigenvalue weighted by Gasteiger charge is -2.37. The van der Waals surface area contributed by atoms with Crippen LogP contribution in [0.15, 0.2) is 121 Å². The van der Waals surface area contributed by atoms with Crippen molar-refractivity contribution in [3.05, 3.63) is 144 Å². The second-order valence-corrected chi connectivity index (χ2v) is 15.5. The predicted octanol–water partition coefficient (Wildman–Crippen LogP) is 8.57. The number of rotatable bonds is 20. The summed E-state index contributed by atoms with van der Waals surface area (Å²) in [5.41, 5.74) is 1.68. The molecule has 0 heterocycles. The van der Waals surface area contributed by atoms with Gasteiger partial charge in [0, 0.05) is 25.8 Å². The summed E-state index contributed by atoms with van der Waals surface area (Å²) in [6.07, 6.45) is 0.406. The minimum atomic E-state index is -1.09. The van der Waals surface area contributed by atoms with Gasteiger partial charge in [0.15, 0.2) is 0 Å². The summed E-state index contributed by atoms with van der Waals surface area (Å²) in [5.74, 6) is -3.15. The molecule has 0 aliphatic heterocycles. The number of ether oxygens (including phenoxy) is 2. The van der Waals surface area contributed by atoms with E-state index in [9.17, 15) is 19.2 Å². The van der Waals surface area contributed by atoms with E-state index in [0.29, 0.717) is 12.5 Å². The minimum Gasteiger partial charge on any atom is -0.461 e. The van der Waals surface area contributed by atoms with Gasteiger partial charge in [0.05, 0.1) is 23.5 Å². The van der Waals surface area contributed by atoms with Crippen LogP contribution in [0.4, 0.5) is 0 Å². The van der Waals surface area contributed by atoms with Crippen LogP contribution in [0.3, 0.4) is 0 Å². The number of esters is 1. The van der Waals surface area contributed by atoms with Crippen LogP contribution in [0.2, 0.25) is 0 Å². The molecule has 4 rings (SSSR count). The molecule has 2 N–H and O–H groups in total. The predicted molar refractivity (Wildman–Crippen MR) is 217 cm³/mol. The molecule has 8 heteroatoms. The number of benzene rings is 4. The Hall–Kier alpha value is -5.08. The maximum absolute atomic E-state index is 14.4. The topological polar surface area (TPSA) is 111 Å². The lowest BCUT2D eigenvalue weighted by Crippen LogP contribution is -2.49. The van der Waals surface area contributed by atoms with E-state index in [1.54, 1.807) is 6.92 Å². The highest BCUT2D eigenvalue weighted by molar-refractivity contribution is 5.92. The monoisotopic (exact) mass is 746 g/mol. The zero-order chi connectivity index (χ0) is 39.8. The fraction of sp³-hybridized carbons (Fsp3) is 0.404. The highest BCUT2D eigenvalue weighted by atomic mass is 16.5. The zero-order valence-electron chi connectivity index (χ0n) is 33.3. The Labute approximate surface area is 327 Å². The standard InChI is InChI=1S/C47H58N2O6/c1-7-34(2)28-29-48-44(52)37(30-41(50)32-42(35(3)55-46(4,5)6)45(53)54-33-36-20-12-8-13-21-36)31-43(51)49-47(38-22-14-9-15-23-38,39-24-16-10-17-25-39)40-26-18-11-19-27-40/h8-27,34-35,37,42H,7,28-33H2,1-6H3,(H,48,52)(H,49,51)/t34-,35?,37-,42-/m0/s1. The molecular formula is C47H58N2O6. The first-order chi connectivity index (χ1) is 26.3. The molecule has 0 aliphatic carbocycles. The molecule has 8 nitrogen and oxygen atoms in total. The summed E-state index contributed by atoms with van der Waals surface area (Å²) in [4.78, 5) is 55.9. The largest absolute Gasteiger partial charge is 0.461 e. The van der Waals surface area contributed by atoms with Gasteiger partial charge in [-0.2, -0.15) is 0 Å². The smallest absolute Gasteiger partial charge is 0.312 e. The van der Waals surface area contributed by atoms with Crippen molar-refractivity contribution in [2.75, 3.05) is 6.54 Å². The third-order valence-electron chi connectivity index (χ3n) is 9.94. The van der Waals surface area contributed by atoms with Gasteiger partial charge in [-0.05, 0) is 62.3 Å². The van der Waals surface area contributed by atoms with Crippen LogP contribution in [-0.4, -0.2) is 41.8 Å². The van der Waals surface area contributed by atoms with Crippen LogP contribution in [0.25, 0.3) is 0 Å². The molecule has 0 radical (unpaired) electrons. The molecule has 0 spiro atoms. The molecule has 0 aromatic heterocycles. The number of amides is 2. The number of carbonyl (C=O) groups excluding carboxylic acids is 4. The molecule has 0 saturated carbocycles. The molecule has 0 saturated heterocycles. The van der Waals surface area contributed by atoms with Crippen molar-refractivity contribution in [2.45, 2.75) is 97.5 Å². The zero-order valence-corrected chi connectivity index (χ0v) is 33.3. The van der Waals surface area contributed by atoms with Gasteiger partial charge in [-0.3, -0.25) is 19.2 Å². The van der Waals surface area contributed by atoms with Gasteiger partial charge in [-0.15, -0.1) is 0 Å². The third kappa shape index (κ3) is 12.7. The Kier molecular flexibility index (Phi) is 15.9. The molecular weight excluding hydrogens is 689 g/mol. The van der Waals surface area contributed by atoms with Crippen molar-refractivity contribution in [1.82, 2.24) is 10.6 Å². The van der Waals surface area contributed by atoms with Crippen molar-refractivity contribution < 1.29 is 28.7 Å². The second kappa shape index (κ2) is 20.6. The number of hydrogen-bond donors (Lipinski definition) is 2. The van der Waals surface area contributed by atoms with Gasteiger partial charge in [0.1, 0.15) is 17.9 Å². The Bertz CT molecular complexity index is 1690. The maximum Gasteiger partial charge on any atom is 0.312 e. The SMILES string of the molecule is CC[C@H](C)CCNC(=O)[C@@H](CC(=O)C[C@H](C(=O)OCc1ccccc1)C(C)OC(C)(C)C)CC(=O)NC(c1ccccc1)(c1ccccc1)c1ccccc1. The molecule has 4 aromatic carbocycles. The van der Waals surface area contributed by atoms with Crippen molar-refractivity contribution >= 4 is 23.6 Å². The molecule has 0 bridgehead atoms. The van der Waals surface area contributed by atoms with E-state index in [1.807, 2.05) is 142 Å². The molecule has 2 amide bonds. The number of Topliss-reactive ketones (excluding diaryl/α,β-unsaturated/α-hetero) is 1. The van der Waals surface area contributed by atoms with Crippen LogP contribution in [0.1, 0.15) is 95.9 Å². The van der Waals surface area contributed by atoms with Gasteiger partial charge in [-0.25, -0.2) is 0 Å². The van der Waals surface area contributed by atoms with E-state index in [1.165, 1.54) is 0 Å². The fourth-order valence-corrected chi connectivity index (χ4v) is 6.83. The Morgan fingerprint density at radius 3 is 1.64 bits per heavy atom. The van der Waals surface area contributed by atoms with Crippen LogP contribution in [-0.2, 0) is 40.8 Å². The molecule has 0 aliphatic rings. The summed E-state index contributed by atoms with van der Waals surface area (Å²) in [6, 6.07) is 38.5. The van der Waals surface area contributed by atoms with Gasteiger partial charge >= 0.3 is 5.97 Å². The second-order valence-electron chi connectivity index (χ2n) is 15.5. The molecule has 0 fully saturated rings. The van der Waals surface area contributed by atoms with Crippen molar-refractivity contribution in [2.24, 2.45) is 17.8 Å². The average Bonchev–Trinajstić information content (AvgIpc) is 3.18. The van der Waals surface area contributed by atoms with E-state index in [4.69, 9.17) is 9.47 Å². The van der Waals surface area contributed by atoms with Crippen LogP contribution < -0.4 is 10.6 Å². The number of ketones is 1. The highest BCUT2D eigenvalue weighted by Crippen LogP contribution is 2.37. The fourth-order valence-electron chi connectivity index (χ4n) is 6.83. The molecule has 55 heavy (non-hydrogen) atoms. The number of carbonyl (C=O) groups is 4. The van der Waals surface area contributed by atoms with Gasteiger partial charge in [-0.1, -0.05) is 142 Å². The van der Waals surface area contributed by atoms with Gasteiger partial charge < -0.3 is 20.1 Å². The number of hydrogen-bond acceptors (Lipinski definition) is 6. The van der Waals surface area contributed by atoms with E-state index < -0.39 is 41.0 Å². The number of nitrogens with one attached hydrogen (secondary N) is 2. The first kappa shape index (κ1) is 42.7. The van der Waals surface area contributed by atoms with Crippen molar-refractivity contribution in [1.29, 1.82) is 0 Å². The summed E-state index contributed by atoms with van der Waals surface area (Å²) in [6.45, 7) is 12.1. The molecule has 4 aromatic rings. The first-order valence-corrected chi connectivity index (χ1v) is 19.5.